The summed E-state index contributed by atoms with van der Waals surface area (Å²) < 4.78 is 22.3. The molecule has 1 aliphatic rings. The smallest absolute Gasteiger partial charge is 0.412 e. The van der Waals surface area contributed by atoms with Crippen molar-refractivity contribution in [1.29, 1.82) is 5.26 Å². The van der Waals surface area contributed by atoms with E-state index in [1.807, 2.05) is 59.1 Å². The fraction of sp³-hybridized carbons (Fsp3) is 0.400. The molecule has 2 aromatic heterocycles. The van der Waals surface area contributed by atoms with E-state index in [-0.39, 0.29) is 36.5 Å². The molecule has 4 N–H and O–H groups in total. The Morgan fingerprint density at radius 2 is 2.11 bits per heavy atom. The van der Waals surface area contributed by atoms with Gasteiger partial charge in [-0.05, 0) is 31.5 Å². The monoisotopic (exact) mass is 508 g/mol. The topological polar surface area (TPSA) is 155 Å². The molecule has 37 heavy (non-hydrogen) atoms. The summed E-state index contributed by atoms with van der Waals surface area (Å²) in [4.78, 5) is 25.9. The number of nitriles is 1. The van der Waals surface area contributed by atoms with E-state index in [1.165, 1.54) is 0 Å². The summed E-state index contributed by atoms with van der Waals surface area (Å²) >= 11 is 0. The number of likely N-dealkylation sites (tertiary alicyclic amines) is 1. The lowest BCUT2D eigenvalue weighted by molar-refractivity contribution is 0.0532. The lowest BCUT2D eigenvalue weighted by Crippen LogP contribution is -2.52. The molecule has 3 aromatic rings. The molecule has 11 nitrogen and oxygen atoms in total. The van der Waals surface area contributed by atoms with Gasteiger partial charge in [-0.1, -0.05) is 24.3 Å². The molecule has 12 heteroatoms. The summed E-state index contributed by atoms with van der Waals surface area (Å²) in [5.41, 5.74) is 7.09. The van der Waals surface area contributed by atoms with Gasteiger partial charge >= 0.3 is 6.09 Å². The standard InChI is InChI=1S/C25H29FN8O3/c1-3-34-12-8-18(32-34)17-6-4-16(5-7-17)14-33-13-10-25(9-11-27,19(26)15-33)21-20(22(28)35)23(31-30-21)29-24(36)37-2/h4-8,12,19H,3,9-10,13-15H2,1-2H3,(H2,28,35)(H2,29,30,31,36). The van der Waals surface area contributed by atoms with Gasteiger partial charge in [0.25, 0.3) is 5.91 Å². The van der Waals surface area contributed by atoms with Crippen molar-refractivity contribution in [2.45, 2.75) is 44.4 Å². The number of alkyl halides is 1. The summed E-state index contributed by atoms with van der Waals surface area (Å²) in [7, 11) is 1.16. The van der Waals surface area contributed by atoms with E-state index in [1.54, 1.807) is 0 Å². The molecule has 194 valence electrons. The quantitative estimate of drug-likeness (QED) is 0.422. The number of ether oxygens (including phenoxy) is 1. The Hall–Kier alpha value is -4.24. The molecule has 2 amide bonds. The second-order valence-electron chi connectivity index (χ2n) is 9.00. The van der Waals surface area contributed by atoms with Crippen LogP contribution >= 0.6 is 0 Å². The molecule has 1 fully saturated rings. The molecular formula is C25H29FN8O3. The van der Waals surface area contributed by atoms with Crippen molar-refractivity contribution in [3.63, 3.8) is 0 Å². The van der Waals surface area contributed by atoms with E-state index < -0.39 is 23.6 Å². The molecular weight excluding hydrogens is 479 g/mol. The highest BCUT2D eigenvalue weighted by Crippen LogP contribution is 2.42. The number of carbonyl (C=O) groups is 2. The SMILES string of the molecule is CCn1ccc(-c2ccc(CN3CCC(CC#N)(c4[nH]nc(NC(=O)OC)c4C(N)=O)C(F)C3)cc2)n1. The number of H-pyrrole nitrogens is 1. The zero-order valence-electron chi connectivity index (χ0n) is 20.7. The summed E-state index contributed by atoms with van der Waals surface area (Å²) in [6, 6.07) is 12.0. The highest BCUT2D eigenvalue weighted by atomic mass is 19.1. The van der Waals surface area contributed by atoms with Gasteiger partial charge in [-0.3, -0.25) is 24.8 Å². The van der Waals surface area contributed by atoms with Crippen molar-refractivity contribution in [3.8, 4) is 17.3 Å². The first-order valence-electron chi connectivity index (χ1n) is 11.9. The Kier molecular flexibility index (Phi) is 7.54. The van der Waals surface area contributed by atoms with E-state index >= 15 is 4.39 Å². The number of benzene rings is 1. The fourth-order valence-electron chi connectivity index (χ4n) is 4.77. The first kappa shape index (κ1) is 25.8. The number of anilines is 1. The maximum atomic E-state index is 15.9. The maximum absolute atomic E-state index is 15.9. The predicted octanol–water partition coefficient (Wildman–Crippen LogP) is 2.97. The van der Waals surface area contributed by atoms with E-state index in [0.29, 0.717) is 13.1 Å². The number of primary amides is 1. The largest absolute Gasteiger partial charge is 0.453 e. The van der Waals surface area contributed by atoms with Crippen molar-refractivity contribution >= 4 is 17.8 Å². The minimum atomic E-state index is -1.50. The zero-order chi connectivity index (χ0) is 26.6. The van der Waals surface area contributed by atoms with Gasteiger partial charge in [0.2, 0.25) is 0 Å². The average molecular weight is 509 g/mol. The Morgan fingerprint density at radius 3 is 2.70 bits per heavy atom. The maximum Gasteiger partial charge on any atom is 0.412 e. The van der Waals surface area contributed by atoms with Gasteiger partial charge in [0.05, 0.1) is 30.0 Å². The summed E-state index contributed by atoms with van der Waals surface area (Å²) in [5, 5.41) is 23.0. The first-order chi connectivity index (χ1) is 17.8. The number of aromatic nitrogens is 4. The Morgan fingerprint density at radius 1 is 1.35 bits per heavy atom. The number of hydrogen-bond acceptors (Lipinski definition) is 7. The molecule has 1 aromatic carbocycles. The molecule has 0 bridgehead atoms. The number of carbonyl (C=O) groups excluding carboxylic acids is 2. The van der Waals surface area contributed by atoms with E-state index in [2.05, 4.69) is 25.3 Å². The fourth-order valence-corrected chi connectivity index (χ4v) is 4.77. The third-order valence-electron chi connectivity index (χ3n) is 6.82. The minimum absolute atomic E-state index is 0.0430. The van der Waals surface area contributed by atoms with Gasteiger partial charge in [0, 0.05) is 37.8 Å². The van der Waals surface area contributed by atoms with Crippen molar-refractivity contribution < 1.29 is 18.7 Å². The number of aromatic amines is 1. The molecule has 0 saturated carbocycles. The lowest BCUT2D eigenvalue weighted by atomic mass is 9.70. The van der Waals surface area contributed by atoms with Gasteiger partial charge in [-0.15, -0.1) is 0 Å². The van der Waals surface area contributed by atoms with Crippen LogP contribution in [0.3, 0.4) is 0 Å². The number of nitrogens with one attached hydrogen (secondary N) is 2. The molecule has 2 atom stereocenters. The van der Waals surface area contributed by atoms with Crippen LogP contribution in [0.5, 0.6) is 0 Å². The Balaban J connectivity index is 1.52. The van der Waals surface area contributed by atoms with Crippen molar-refractivity contribution in [2.75, 3.05) is 25.5 Å². The van der Waals surface area contributed by atoms with Crippen LogP contribution in [0.1, 0.15) is 41.4 Å². The second-order valence-corrected chi connectivity index (χ2v) is 9.00. The molecule has 1 saturated heterocycles. The predicted molar refractivity (Wildman–Crippen MR) is 133 cm³/mol. The van der Waals surface area contributed by atoms with Crippen LogP contribution in [-0.2, 0) is 23.2 Å². The van der Waals surface area contributed by atoms with Gasteiger partial charge in [0.15, 0.2) is 5.82 Å². The second kappa shape index (κ2) is 10.8. The van der Waals surface area contributed by atoms with Crippen molar-refractivity contribution in [1.82, 2.24) is 24.9 Å². The summed E-state index contributed by atoms with van der Waals surface area (Å²) in [6.07, 6.45) is -0.367. The van der Waals surface area contributed by atoms with Crippen LogP contribution in [0, 0.1) is 11.3 Å². The highest BCUT2D eigenvalue weighted by molar-refractivity contribution is 6.02. The zero-order valence-corrected chi connectivity index (χ0v) is 20.7. The molecule has 2 unspecified atom stereocenters. The van der Waals surface area contributed by atoms with Gasteiger partial charge < -0.3 is 10.5 Å². The number of rotatable bonds is 8. The number of aryl methyl sites for hydroxylation is 1. The number of methoxy groups -OCH3 is 1. The van der Waals surface area contributed by atoms with Crippen LogP contribution in [-0.4, -0.2) is 63.2 Å². The van der Waals surface area contributed by atoms with E-state index in [9.17, 15) is 14.9 Å². The number of amides is 2. The Bertz CT molecular complexity index is 1310. The van der Waals surface area contributed by atoms with E-state index in [0.717, 1.165) is 30.5 Å². The Labute approximate surface area is 213 Å². The highest BCUT2D eigenvalue weighted by Gasteiger charge is 2.48. The first-order valence-corrected chi connectivity index (χ1v) is 11.9. The van der Waals surface area contributed by atoms with Crippen LogP contribution < -0.4 is 11.1 Å². The molecule has 0 aliphatic carbocycles. The third-order valence-corrected chi connectivity index (χ3v) is 6.82. The third kappa shape index (κ3) is 5.17. The van der Waals surface area contributed by atoms with Gasteiger partial charge in [-0.25, -0.2) is 9.18 Å². The number of piperidine rings is 1. The van der Waals surface area contributed by atoms with Crippen LogP contribution in [0.2, 0.25) is 0 Å². The molecule has 3 heterocycles. The van der Waals surface area contributed by atoms with Crippen LogP contribution in [0.25, 0.3) is 11.3 Å². The van der Waals surface area contributed by atoms with E-state index in [4.69, 9.17) is 5.73 Å². The molecule has 1 aliphatic heterocycles. The normalized spacial score (nSPS) is 19.8. The number of halogens is 1. The van der Waals surface area contributed by atoms with Gasteiger partial charge in [0.1, 0.15) is 11.7 Å². The van der Waals surface area contributed by atoms with Crippen LogP contribution in [0.4, 0.5) is 15.0 Å². The number of nitrogens with two attached hydrogens (primary N) is 1. The summed E-state index contributed by atoms with van der Waals surface area (Å²) in [6.45, 7) is 3.87. The van der Waals surface area contributed by atoms with Crippen molar-refractivity contribution in [2.24, 2.45) is 5.73 Å². The summed E-state index contributed by atoms with van der Waals surface area (Å²) in [5.74, 6) is -1.06. The molecule has 0 radical (unpaired) electrons. The van der Waals surface area contributed by atoms with Gasteiger partial charge in [-0.2, -0.15) is 15.5 Å². The number of hydrogen-bond donors (Lipinski definition) is 3. The lowest BCUT2D eigenvalue weighted by Gasteiger charge is -2.43. The average Bonchev–Trinajstić information content (AvgIpc) is 3.54. The minimum Gasteiger partial charge on any atom is -0.453 e. The van der Waals surface area contributed by atoms with Crippen molar-refractivity contribution in [3.05, 3.63) is 53.3 Å². The molecule has 0 spiro atoms. The van der Waals surface area contributed by atoms with Crippen LogP contribution in [0.15, 0.2) is 36.5 Å². The number of nitrogens with zero attached hydrogens (tertiary/aromatic N) is 5. The molecule has 4 rings (SSSR count).